The Balaban J connectivity index is 2.11. The van der Waals surface area contributed by atoms with E-state index < -0.39 is 20.9 Å². The number of halogens is 3. The molecule has 1 unspecified atom stereocenters. The highest BCUT2D eigenvalue weighted by Gasteiger charge is 2.56. The lowest BCUT2D eigenvalue weighted by Crippen LogP contribution is -2.30. The molecule has 1 N–H and O–H groups in total. The number of sulfone groups is 1. The zero-order valence-corrected chi connectivity index (χ0v) is 14.8. The van der Waals surface area contributed by atoms with Crippen molar-refractivity contribution < 1.29 is 22.7 Å². The van der Waals surface area contributed by atoms with E-state index in [0.717, 1.165) is 6.92 Å². The minimum atomic E-state index is -4.29. The number of aliphatic hydroxyl groups excluding tert-OH is 1. The van der Waals surface area contributed by atoms with Crippen molar-refractivity contribution in [3.8, 4) is 11.5 Å². The second-order valence-corrected chi connectivity index (χ2v) is 8.60. The fraction of sp³-hybridized carbons (Fsp3) is 0.214. The molecular formula is C14H10BrClFNO4S. The zero-order valence-electron chi connectivity index (χ0n) is 11.6. The number of hydrogen-bond donors (Lipinski definition) is 1. The average Bonchev–Trinajstić information content (AvgIpc) is 2.60. The molecule has 0 saturated carbocycles. The number of ether oxygens (including phenoxy) is 1. The first kappa shape index (κ1) is 16.6. The number of fused-ring (bicyclic) bond motifs is 1. The lowest BCUT2D eigenvalue weighted by atomic mass is 10.1. The smallest absolute Gasteiger partial charge is 0.242 e. The van der Waals surface area contributed by atoms with E-state index in [1.165, 1.54) is 30.6 Å². The summed E-state index contributed by atoms with van der Waals surface area (Å²) in [5, 5.41) is 7.65. The summed E-state index contributed by atoms with van der Waals surface area (Å²) in [6.45, 7) is 0.834. The average molecular weight is 423 g/mol. The van der Waals surface area contributed by atoms with Crippen LogP contribution in [0.3, 0.4) is 0 Å². The fourth-order valence-corrected chi connectivity index (χ4v) is 4.85. The number of hydrogen-bond acceptors (Lipinski definition) is 5. The molecule has 0 saturated heterocycles. The van der Waals surface area contributed by atoms with Gasteiger partial charge in [0.05, 0.1) is 20.6 Å². The molecule has 1 aliphatic rings. The molecule has 1 aliphatic heterocycles. The molecule has 0 amide bonds. The Bertz CT molecular complexity index is 904. The van der Waals surface area contributed by atoms with Crippen molar-refractivity contribution in [1.29, 1.82) is 0 Å². The summed E-state index contributed by atoms with van der Waals surface area (Å²) < 4.78 is 44.5. The van der Waals surface area contributed by atoms with Crippen LogP contribution >= 0.6 is 27.5 Å². The Hall–Kier alpha value is -1.22. The van der Waals surface area contributed by atoms with Gasteiger partial charge in [-0.25, -0.2) is 12.8 Å². The van der Waals surface area contributed by atoms with Crippen LogP contribution in [0.5, 0.6) is 11.5 Å². The molecule has 9 heteroatoms. The lowest BCUT2D eigenvalue weighted by Gasteiger charge is -2.17. The molecule has 23 heavy (non-hydrogen) atoms. The maximum absolute atomic E-state index is 14.4. The van der Waals surface area contributed by atoms with E-state index >= 15 is 0 Å². The van der Waals surface area contributed by atoms with Gasteiger partial charge >= 0.3 is 0 Å². The molecule has 2 heterocycles. The van der Waals surface area contributed by atoms with E-state index in [2.05, 4.69) is 20.9 Å². The van der Waals surface area contributed by atoms with E-state index in [4.69, 9.17) is 16.3 Å². The van der Waals surface area contributed by atoms with E-state index in [0.29, 0.717) is 10.8 Å². The number of alkyl halides is 1. The van der Waals surface area contributed by atoms with Crippen molar-refractivity contribution in [1.82, 2.24) is 4.98 Å². The summed E-state index contributed by atoms with van der Waals surface area (Å²) >= 11 is 9.00. The predicted octanol–water partition coefficient (Wildman–Crippen LogP) is 3.80. The maximum atomic E-state index is 14.4. The van der Waals surface area contributed by atoms with Crippen LogP contribution in [0.2, 0.25) is 5.02 Å². The third-order valence-electron chi connectivity index (χ3n) is 3.59. The Morgan fingerprint density at radius 2 is 2.13 bits per heavy atom. The third-order valence-corrected chi connectivity index (χ3v) is 6.82. The van der Waals surface area contributed by atoms with Crippen molar-refractivity contribution in [3.63, 3.8) is 0 Å². The lowest BCUT2D eigenvalue weighted by molar-refractivity contribution is 0.0643. The summed E-state index contributed by atoms with van der Waals surface area (Å²) in [6.07, 6.45) is 1.02. The second-order valence-electron chi connectivity index (χ2n) is 5.12. The standard InChI is InChI=1S/C14H10BrClFNO4S/c1-14(17)13(19)11-10(23(14,20)21)3-2-9(12(11)15)22-8-4-7(16)5-18-6-8/h2-6,13,19H,1H3/t13-,14?/m1/s1. The molecule has 2 atom stereocenters. The van der Waals surface area contributed by atoms with Gasteiger partial charge in [0.15, 0.2) is 0 Å². The Morgan fingerprint density at radius 1 is 1.43 bits per heavy atom. The quantitative estimate of drug-likeness (QED) is 0.797. The molecule has 0 fully saturated rings. The van der Waals surface area contributed by atoms with Crippen LogP contribution in [-0.4, -0.2) is 23.5 Å². The van der Waals surface area contributed by atoms with Crippen LogP contribution in [0, 0.1) is 0 Å². The van der Waals surface area contributed by atoms with Crippen molar-refractivity contribution in [3.05, 3.63) is 45.7 Å². The first-order chi connectivity index (χ1) is 10.7. The summed E-state index contributed by atoms with van der Waals surface area (Å²) in [7, 11) is -4.29. The highest BCUT2D eigenvalue weighted by atomic mass is 79.9. The van der Waals surface area contributed by atoms with Gasteiger partial charge in [0, 0.05) is 17.8 Å². The first-order valence-electron chi connectivity index (χ1n) is 6.38. The van der Waals surface area contributed by atoms with Gasteiger partial charge in [-0.3, -0.25) is 4.98 Å². The summed E-state index contributed by atoms with van der Waals surface area (Å²) in [6, 6.07) is 4.09. The molecule has 0 bridgehead atoms. The molecule has 2 aromatic rings. The number of nitrogens with zero attached hydrogens (tertiary/aromatic N) is 1. The van der Waals surface area contributed by atoms with Crippen LogP contribution in [0.25, 0.3) is 0 Å². The molecule has 5 nitrogen and oxygen atoms in total. The normalized spacial score (nSPS) is 25.2. The predicted molar refractivity (Wildman–Crippen MR) is 85.1 cm³/mol. The first-order valence-corrected chi connectivity index (χ1v) is 9.04. The molecular weight excluding hydrogens is 413 g/mol. The number of pyridine rings is 1. The third kappa shape index (κ3) is 2.44. The highest BCUT2D eigenvalue weighted by Crippen LogP contribution is 2.52. The highest BCUT2D eigenvalue weighted by molar-refractivity contribution is 9.10. The number of benzene rings is 1. The van der Waals surface area contributed by atoms with Crippen LogP contribution < -0.4 is 4.74 Å². The minimum absolute atomic E-state index is 0.0671. The Kier molecular flexibility index (Phi) is 3.91. The monoisotopic (exact) mass is 421 g/mol. The second kappa shape index (κ2) is 5.41. The fourth-order valence-electron chi connectivity index (χ4n) is 2.32. The van der Waals surface area contributed by atoms with Gasteiger partial charge < -0.3 is 9.84 Å². The van der Waals surface area contributed by atoms with E-state index in [1.807, 2.05) is 0 Å². The largest absolute Gasteiger partial charge is 0.454 e. The van der Waals surface area contributed by atoms with E-state index in [-0.39, 0.29) is 20.7 Å². The van der Waals surface area contributed by atoms with Crippen molar-refractivity contribution >= 4 is 37.4 Å². The van der Waals surface area contributed by atoms with Crippen LogP contribution in [0.15, 0.2) is 40.0 Å². The van der Waals surface area contributed by atoms with Gasteiger partial charge in [-0.05, 0) is 35.0 Å². The van der Waals surface area contributed by atoms with Gasteiger partial charge in [0.2, 0.25) is 14.8 Å². The Morgan fingerprint density at radius 3 is 2.78 bits per heavy atom. The van der Waals surface area contributed by atoms with Crippen molar-refractivity contribution in [2.45, 2.75) is 22.9 Å². The SMILES string of the molecule is CC1(F)[C@H](O)c2c(ccc(Oc3cncc(Cl)c3)c2Br)S1(=O)=O. The summed E-state index contributed by atoms with van der Waals surface area (Å²) in [4.78, 5) is 3.60. The number of aliphatic hydroxyl groups is 1. The van der Waals surface area contributed by atoms with Crippen LogP contribution in [0.4, 0.5) is 4.39 Å². The molecule has 122 valence electrons. The molecule has 1 aromatic carbocycles. The van der Waals surface area contributed by atoms with Crippen molar-refractivity contribution in [2.24, 2.45) is 0 Å². The number of aromatic nitrogens is 1. The maximum Gasteiger partial charge on any atom is 0.242 e. The van der Waals surface area contributed by atoms with E-state index in [1.54, 1.807) is 0 Å². The summed E-state index contributed by atoms with van der Waals surface area (Å²) in [5.41, 5.74) is -0.0671. The van der Waals surface area contributed by atoms with Gasteiger partial charge in [0.25, 0.3) is 0 Å². The Labute approximate surface area is 145 Å². The van der Waals surface area contributed by atoms with Crippen LogP contribution in [0.1, 0.15) is 18.6 Å². The molecule has 3 rings (SSSR count). The van der Waals surface area contributed by atoms with Crippen LogP contribution in [-0.2, 0) is 9.84 Å². The van der Waals surface area contributed by atoms with Crippen molar-refractivity contribution in [2.75, 3.05) is 0 Å². The van der Waals surface area contributed by atoms with E-state index in [9.17, 15) is 17.9 Å². The molecule has 0 aliphatic carbocycles. The molecule has 0 radical (unpaired) electrons. The van der Waals surface area contributed by atoms with Gasteiger partial charge in [-0.2, -0.15) is 0 Å². The van der Waals surface area contributed by atoms with Gasteiger partial charge in [-0.15, -0.1) is 0 Å². The summed E-state index contributed by atoms with van der Waals surface area (Å²) in [5.74, 6) is 0.524. The zero-order chi connectivity index (χ0) is 17.0. The molecule has 1 aromatic heterocycles. The topological polar surface area (TPSA) is 76.5 Å². The number of rotatable bonds is 2. The minimum Gasteiger partial charge on any atom is -0.454 e. The van der Waals surface area contributed by atoms with Gasteiger partial charge in [-0.1, -0.05) is 11.6 Å². The molecule has 0 spiro atoms. The van der Waals surface area contributed by atoms with Gasteiger partial charge in [0.1, 0.15) is 17.6 Å².